The smallest absolute Gasteiger partial charge is 0.226 e. The van der Waals surface area contributed by atoms with Crippen molar-refractivity contribution >= 4 is 51.6 Å². The van der Waals surface area contributed by atoms with Crippen LogP contribution < -0.4 is 5.32 Å². The number of carbonyl (C=O) groups is 2. The first-order valence-corrected chi connectivity index (χ1v) is 9.78. The molecule has 2 aromatic carbocycles. The van der Waals surface area contributed by atoms with Crippen molar-refractivity contribution in [2.75, 3.05) is 5.32 Å². The molecule has 3 rings (SSSR count). The van der Waals surface area contributed by atoms with Gasteiger partial charge in [0.25, 0.3) is 0 Å². The van der Waals surface area contributed by atoms with E-state index < -0.39 is 0 Å². The van der Waals surface area contributed by atoms with Crippen LogP contribution in [0, 0.1) is 10.5 Å². The highest BCUT2D eigenvalue weighted by atomic mass is 127. The summed E-state index contributed by atoms with van der Waals surface area (Å²) in [5.41, 5.74) is 2.29. The van der Waals surface area contributed by atoms with Gasteiger partial charge in [0, 0.05) is 35.3 Å². The number of nitrogens with one attached hydrogen (secondary N) is 1. The van der Waals surface area contributed by atoms with Crippen LogP contribution in [0.15, 0.2) is 54.7 Å². The number of benzene rings is 2. The van der Waals surface area contributed by atoms with Gasteiger partial charge in [-0.2, -0.15) is 5.10 Å². The quantitative estimate of drug-likeness (QED) is 0.400. The molecule has 0 unspecified atom stereocenters. The van der Waals surface area contributed by atoms with Crippen molar-refractivity contribution < 1.29 is 9.59 Å². The Morgan fingerprint density at radius 3 is 2.59 bits per heavy atom. The van der Waals surface area contributed by atoms with Crippen LogP contribution in [0.3, 0.4) is 0 Å². The van der Waals surface area contributed by atoms with Gasteiger partial charge in [0.2, 0.25) is 5.91 Å². The lowest BCUT2D eigenvalue weighted by molar-refractivity contribution is -0.116. The van der Waals surface area contributed by atoms with Crippen molar-refractivity contribution in [3.8, 4) is 0 Å². The van der Waals surface area contributed by atoms with Crippen LogP contribution >= 0.6 is 34.2 Å². The largest absolute Gasteiger partial charge is 0.325 e. The Kier molecular flexibility index (Phi) is 6.28. The molecule has 0 aliphatic carbocycles. The zero-order chi connectivity index (χ0) is 19.4. The van der Waals surface area contributed by atoms with E-state index >= 15 is 0 Å². The molecule has 1 N–H and O–H groups in total. The van der Waals surface area contributed by atoms with Crippen molar-refractivity contribution in [3.63, 3.8) is 0 Å². The fourth-order valence-corrected chi connectivity index (χ4v) is 3.20. The molecular formula is C20H17ClIN3O2. The number of anilines is 1. The van der Waals surface area contributed by atoms with Gasteiger partial charge in [-0.05, 0) is 47.7 Å². The minimum absolute atomic E-state index is 0.189. The molecule has 5 nitrogen and oxygen atoms in total. The third-order valence-corrected chi connectivity index (χ3v) is 5.28. The number of halogens is 2. The molecule has 0 saturated heterocycles. The third kappa shape index (κ3) is 4.95. The normalized spacial score (nSPS) is 10.6. The van der Waals surface area contributed by atoms with Gasteiger partial charge < -0.3 is 5.32 Å². The van der Waals surface area contributed by atoms with Crippen LogP contribution in [0.1, 0.15) is 28.0 Å². The predicted octanol–water partition coefficient (Wildman–Crippen LogP) is 4.71. The second-order valence-corrected chi connectivity index (χ2v) is 7.61. The molecule has 1 heterocycles. The fourth-order valence-electron chi connectivity index (χ4n) is 2.60. The van der Waals surface area contributed by atoms with Crippen molar-refractivity contribution in [1.29, 1.82) is 0 Å². The molecule has 0 atom stereocenters. The first-order chi connectivity index (χ1) is 12.9. The van der Waals surface area contributed by atoms with Gasteiger partial charge in [-0.3, -0.25) is 14.3 Å². The number of rotatable bonds is 6. The van der Waals surface area contributed by atoms with Gasteiger partial charge >= 0.3 is 0 Å². The first kappa shape index (κ1) is 19.6. The highest BCUT2D eigenvalue weighted by Gasteiger charge is 2.16. The Labute approximate surface area is 175 Å². The monoisotopic (exact) mass is 493 g/mol. The molecule has 0 aliphatic rings. The molecular weight excluding hydrogens is 477 g/mol. The number of nitrogens with zero attached hydrogens (tertiary/aromatic N) is 2. The molecule has 0 aliphatic heterocycles. The Balaban J connectivity index is 1.74. The summed E-state index contributed by atoms with van der Waals surface area (Å²) in [6.07, 6.45) is 2.15. The van der Waals surface area contributed by atoms with Crippen LogP contribution in [-0.2, 0) is 11.3 Å². The average molecular weight is 494 g/mol. The SMILES string of the molecule is Cc1nn(CCC(=O)Nc2ccc(Cl)cc2C(=O)c2ccccc2)cc1I. The molecule has 138 valence electrons. The summed E-state index contributed by atoms with van der Waals surface area (Å²) in [5, 5.41) is 7.60. The number of carbonyl (C=O) groups excluding carboxylic acids is 2. The Hall–Kier alpha value is -2.19. The summed E-state index contributed by atoms with van der Waals surface area (Å²) in [6.45, 7) is 2.39. The second-order valence-electron chi connectivity index (χ2n) is 6.01. The van der Waals surface area contributed by atoms with E-state index in [0.717, 1.165) is 9.26 Å². The van der Waals surface area contributed by atoms with Crippen LogP contribution in [-0.4, -0.2) is 21.5 Å². The Morgan fingerprint density at radius 2 is 1.93 bits per heavy atom. The predicted molar refractivity (Wildman–Crippen MR) is 114 cm³/mol. The lowest BCUT2D eigenvalue weighted by atomic mass is 10.0. The van der Waals surface area contributed by atoms with Crippen molar-refractivity contribution in [2.45, 2.75) is 19.9 Å². The molecule has 0 radical (unpaired) electrons. The molecule has 0 bridgehead atoms. The van der Waals surface area contributed by atoms with Crippen molar-refractivity contribution in [2.24, 2.45) is 0 Å². The Morgan fingerprint density at radius 1 is 1.19 bits per heavy atom. The summed E-state index contributed by atoms with van der Waals surface area (Å²) >= 11 is 8.27. The van der Waals surface area contributed by atoms with E-state index in [0.29, 0.717) is 28.4 Å². The highest BCUT2D eigenvalue weighted by Crippen LogP contribution is 2.24. The van der Waals surface area contributed by atoms with Gasteiger partial charge in [-0.15, -0.1) is 0 Å². The minimum Gasteiger partial charge on any atom is -0.325 e. The number of amides is 1. The van der Waals surface area contributed by atoms with Gasteiger partial charge in [0.1, 0.15) is 0 Å². The van der Waals surface area contributed by atoms with E-state index in [1.54, 1.807) is 47.1 Å². The lowest BCUT2D eigenvalue weighted by Gasteiger charge is -2.11. The molecule has 0 spiro atoms. The fraction of sp³-hybridized carbons (Fsp3) is 0.150. The number of hydrogen-bond donors (Lipinski definition) is 1. The standard InChI is InChI=1S/C20H17ClIN3O2/c1-13-17(22)12-25(24-13)10-9-19(26)23-18-8-7-15(21)11-16(18)20(27)14-5-3-2-4-6-14/h2-8,11-12H,9-10H2,1H3,(H,23,26). The van der Waals surface area contributed by atoms with Crippen LogP contribution in [0.25, 0.3) is 0 Å². The maximum absolute atomic E-state index is 12.8. The Bertz CT molecular complexity index is 967. The molecule has 0 saturated carbocycles. The zero-order valence-corrected chi connectivity index (χ0v) is 17.5. The van der Waals surface area contributed by atoms with Crippen molar-refractivity contribution in [3.05, 3.63) is 80.1 Å². The summed E-state index contributed by atoms with van der Waals surface area (Å²) in [5.74, 6) is -0.381. The van der Waals surface area contributed by atoms with Gasteiger partial charge in [0.05, 0.1) is 15.0 Å². The molecule has 0 fully saturated rings. The van der Waals surface area contributed by atoms with Gasteiger partial charge in [0.15, 0.2) is 5.78 Å². The van der Waals surface area contributed by atoms with E-state index in [1.807, 2.05) is 19.2 Å². The van der Waals surface area contributed by atoms with E-state index in [1.165, 1.54) is 0 Å². The summed E-state index contributed by atoms with van der Waals surface area (Å²) in [4.78, 5) is 25.2. The summed E-state index contributed by atoms with van der Waals surface area (Å²) in [6, 6.07) is 13.8. The van der Waals surface area contributed by atoms with E-state index in [2.05, 4.69) is 33.0 Å². The van der Waals surface area contributed by atoms with Crippen LogP contribution in [0.5, 0.6) is 0 Å². The van der Waals surface area contributed by atoms with Gasteiger partial charge in [-0.1, -0.05) is 41.9 Å². The molecule has 1 aromatic heterocycles. The van der Waals surface area contributed by atoms with Crippen molar-refractivity contribution in [1.82, 2.24) is 9.78 Å². The number of ketones is 1. The second kappa shape index (κ2) is 8.67. The van der Waals surface area contributed by atoms with Crippen LogP contribution in [0.4, 0.5) is 5.69 Å². The highest BCUT2D eigenvalue weighted by molar-refractivity contribution is 14.1. The van der Waals surface area contributed by atoms with E-state index in [9.17, 15) is 9.59 Å². The maximum atomic E-state index is 12.8. The minimum atomic E-state index is -0.192. The third-order valence-electron chi connectivity index (χ3n) is 3.99. The number of hydrogen-bond acceptors (Lipinski definition) is 3. The topological polar surface area (TPSA) is 64.0 Å². The summed E-state index contributed by atoms with van der Waals surface area (Å²) < 4.78 is 2.80. The maximum Gasteiger partial charge on any atom is 0.226 e. The van der Waals surface area contributed by atoms with Crippen LogP contribution in [0.2, 0.25) is 5.02 Å². The lowest BCUT2D eigenvalue weighted by Crippen LogP contribution is -2.17. The van der Waals surface area contributed by atoms with Gasteiger partial charge in [-0.25, -0.2) is 0 Å². The first-order valence-electron chi connectivity index (χ1n) is 8.33. The zero-order valence-electron chi connectivity index (χ0n) is 14.6. The average Bonchev–Trinajstić information content (AvgIpc) is 2.99. The molecule has 1 amide bonds. The van der Waals surface area contributed by atoms with E-state index in [4.69, 9.17) is 11.6 Å². The number of aromatic nitrogens is 2. The molecule has 3 aromatic rings. The molecule has 7 heteroatoms. The molecule has 27 heavy (non-hydrogen) atoms. The number of aryl methyl sites for hydroxylation is 2. The van der Waals surface area contributed by atoms with E-state index in [-0.39, 0.29) is 18.1 Å². The summed E-state index contributed by atoms with van der Waals surface area (Å²) in [7, 11) is 0.